The third-order valence-electron chi connectivity index (χ3n) is 2.57. The van der Waals surface area contributed by atoms with Gasteiger partial charge in [-0.25, -0.2) is 0 Å². The van der Waals surface area contributed by atoms with Crippen molar-refractivity contribution in [3.8, 4) is 0 Å². The molecule has 0 aliphatic rings. The number of anilines is 2. The van der Waals surface area contributed by atoms with Crippen LogP contribution in [0.5, 0.6) is 0 Å². The van der Waals surface area contributed by atoms with Gasteiger partial charge >= 0.3 is 0 Å². The van der Waals surface area contributed by atoms with Gasteiger partial charge in [0.2, 0.25) is 0 Å². The Labute approximate surface area is 109 Å². The summed E-state index contributed by atoms with van der Waals surface area (Å²) < 4.78 is 1.01. The van der Waals surface area contributed by atoms with E-state index in [1.54, 1.807) is 6.20 Å². The molecule has 88 valence electrons. The van der Waals surface area contributed by atoms with Crippen LogP contribution in [0.25, 0.3) is 0 Å². The fourth-order valence-electron chi connectivity index (χ4n) is 1.60. The van der Waals surface area contributed by atoms with Crippen LogP contribution >= 0.6 is 15.9 Å². The van der Waals surface area contributed by atoms with Crippen molar-refractivity contribution in [2.75, 3.05) is 11.1 Å². The molecule has 0 amide bonds. The molecule has 0 unspecified atom stereocenters. The fraction of sp³-hybridized carbons (Fsp3) is 0.154. The van der Waals surface area contributed by atoms with Gasteiger partial charge in [0.05, 0.1) is 17.4 Å². The first-order valence-electron chi connectivity index (χ1n) is 5.38. The van der Waals surface area contributed by atoms with E-state index in [1.165, 1.54) is 0 Å². The maximum atomic E-state index is 5.92. The molecular formula is C13H14BrN3. The first kappa shape index (κ1) is 11.9. The van der Waals surface area contributed by atoms with E-state index in [4.69, 9.17) is 5.73 Å². The molecule has 1 heterocycles. The van der Waals surface area contributed by atoms with Crippen molar-refractivity contribution in [3.05, 3.63) is 52.8 Å². The van der Waals surface area contributed by atoms with Crippen molar-refractivity contribution in [2.24, 2.45) is 0 Å². The van der Waals surface area contributed by atoms with E-state index < -0.39 is 0 Å². The van der Waals surface area contributed by atoms with E-state index in [1.807, 2.05) is 36.5 Å². The highest BCUT2D eigenvalue weighted by Gasteiger charge is 2.07. The van der Waals surface area contributed by atoms with Crippen LogP contribution in [0.15, 0.2) is 47.2 Å². The molecule has 0 fully saturated rings. The van der Waals surface area contributed by atoms with Crippen molar-refractivity contribution in [3.63, 3.8) is 0 Å². The molecule has 0 saturated carbocycles. The maximum Gasteiger partial charge on any atom is 0.0589 e. The number of nitrogen functional groups attached to an aromatic ring is 1. The lowest BCUT2D eigenvalue weighted by atomic mass is 10.1. The van der Waals surface area contributed by atoms with Crippen molar-refractivity contribution in [1.82, 2.24) is 4.98 Å². The van der Waals surface area contributed by atoms with Gasteiger partial charge in [0.1, 0.15) is 0 Å². The standard InChI is InChI=1S/C13H14BrN3/c1-9(10-3-2-6-16-8-10)17-13-7-11(14)4-5-12(13)15/h2-9,17H,15H2,1H3/t9-/m1/s1. The van der Waals surface area contributed by atoms with Crippen LogP contribution in [0.3, 0.4) is 0 Å². The molecule has 0 aliphatic carbocycles. The lowest BCUT2D eigenvalue weighted by molar-refractivity contribution is 0.876. The van der Waals surface area contributed by atoms with E-state index in [2.05, 4.69) is 33.2 Å². The van der Waals surface area contributed by atoms with Gasteiger partial charge in [-0.1, -0.05) is 22.0 Å². The molecule has 3 nitrogen and oxygen atoms in total. The highest BCUT2D eigenvalue weighted by Crippen LogP contribution is 2.27. The molecule has 0 spiro atoms. The molecule has 1 aromatic heterocycles. The van der Waals surface area contributed by atoms with Crippen LogP contribution in [0.2, 0.25) is 0 Å². The lowest BCUT2D eigenvalue weighted by Crippen LogP contribution is -2.08. The van der Waals surface area contributed by atoms with E-state index in [0.717, 1.165) is 21.4 Å². The van der Waals surface area contributed by atoms with Gasteiger partial charge < -0.3 is 11.1 Å². The minimum atomic E-state index is 0.167. The first-order chi connectivity index (χ1) is 8.16. The summed E-state index contributed by atoms with van der Waals surface area (Å²) >= 11 is 3.43. The zero-order valence-corrected chi connectivity index (χ0v) is 11.1. The Morgan fingerprint density at radius 3 is 2.88 bits per heavy atom. The number of halogens is 1. The Morgan fingerprint density at radius 1 is 1.35 bits per heavy atom. The number of nitrogens with one attached hydrogen (secondary N) is 1. The summed E-state index contributed by atoms with van der Waals surface area (Å²) in [4.78, 5) is 4.11. The summed E-state index contributed by atoms with van der Waals surface area (Å²) in [6.45, 7) is 2.08. The molecule has 2 rings (SSSR count). The van der Waals surface area contributed by atoms with Crippen molar-refractivity contribution in [2.45, 2.75) is 13.0 Å². The van der Waals surface area contributed by atoms with Gasteiger partial charge in [-0.05, 0) is 36.8 Å². The van der Waals surface area contributed by atoms with Crippen LogP contribution in [0.1, 0.15) is 18.5 Å². The van der Waals surface area contributed by atoms with E-state index in [9.17, 15) is 0 Å². The number of rotatable bonds is 3. The molecule has 0 aliphatic heterocycles. The second kappa shape index (κ2) is 5.19. The second-order valence-electron chi connectivity index (χ2n) is 3.88. The fourth-order valence-corrected chi connectivity index (χ4v) is 1.96. The molecule has 4 heteroatoms. The number of aromatic nitrogens is 1. The Morgan fingerprint density at radius 2 is 2.18 bits per heavy atom. The van der Waals surface area contributed by atoms with Crippen LogP contribution in [-0.4, -0.2) is 4.98 Å². The summed E-state index contributed by atoms with van der Waals surface area (Å²) in [6.07, 6.45) is 3.62. The van der Waals surface area contributed by atoms with Gasteiger partial charge in [-0.3, -0.25) is 4.98 Å². The van der Waals surface area contributed by atoms with E-state index >= 15 is 0 Å². The number of pyridine rings is 1. The molecule has 0 radical (unpaired) electrons. The Hall–Kier alpha value is -1.55. The largest absolute Gasteiger partial charge is 0.397 e. The third kappa shape index (κ3) is 2.97. The summed E-state index contributed by atoms with van der Waals surface area (Å²) in [6, 6.07) is 9.91. The van der Waals surface area contributed by atoms with Crippen LogP contribution in [0, 0.1) is 0 Å². The van der Waals surface area contributed by atoms with Gasteiger partial charge in [0, 0.05) is 16.9 Å². The zero-order chi connectivity index (χ0) is 12.3. The van der Waals surface area contributed by atoms with Crippen molar-refractivity contribution >= 4 is 27.3 Å². The topological polar surface area (TPSA) is 50.9 Å². The molecule has 17 heavy (non-hydrogen) atoms. The van der Waals surface area contributed by atoms with Gasteiger partial charge in [0.15, 0.2) is 0 Å². The average Bonchev–Trinajstić information content (AvgIpc) is 2.35. The van der Waals surface area contributed by atoms with Gasteiger partial charge in [0.25, 0.3) is 0 Å². The Bertz CT molecular complexity index is 499. The highest BCUT2D eigenvalue weighted by atomic mass is 79.9. The first-order valence-corrected chi connectivity index (χ1v) is 6.17. The minimum Gasteiger partial charge on any atom is -0.397 e. The molecular weight excluding hydrogens is 278 g/mol. The molecule has 3 N–H and O–H groups in total. The summed E-state index contributed by atoms with van der Waals surface area (Å²) in [5, 5.41) is 3.37. The molecule has 1 aromatic carbocycles. The lowest BCUT2D eigenvalue weighted by Gasteiger charge is -2.17. The SMILES string of the molecule is C[C@@H](Nc1cc(Br)ccc1N)c1cccnc1. The predicted octanol–water partition coefficient (Wildman–Crippen LogP) is 3.60. The summed E-state index contributed by atoms with van der Waals surface area (Å²) in [7, 11) is 0. The summed E-state index contributed by atoms with van der Waals surface area (Å²) in [5.41, 5.74) is 8.71. The zero-order valence-electron chi connectivity index (χ0n) is 9.52. The number of hydrogen-bond acceptors (Lipinski definition) is 3. The normalized spacial score (nSPS) is 12.1. The van der Waals surface area contributed by atoms with Crippen molar-refractivity contribution < 1.29 is 0 Å². The predicted molar refractivity (Wildman–Crippen MR) is 74.8 cm³/mol. The van der Waals surface area contributed by atoms with Crippen LogP contribution in [-0.2, 0) is 0 Å². The minimum absolute atomic E-state index is 0.167. The smallest absolute Gasteiger partial charge is 0.0589 e. The van der Waals surface area contributed by atoms with E-state index in [0.29, 0.717) is 0 Å². The second-order valence-corrected chi connectivity index (χ2v) is 4.80. The molecule has 0 bridgehead atoms. The molecule has 1 atom stereocenters. The number of nitrogens with two attached hydrogens (primary N) is 1. The quantitative estimate of drug-likeness (QED) is 0.850. The van der Waals surface area contributed by atoms with Crippen molar-refractivity contribution in [1.29, 1.82) is 0 Å². The number of benzene rings is 1. The third-order valence-corrected chi connectivity index (χ3v) is 3.07. The van der Waals surface area contributed by atoms with Gasteiger partial charge in [-0.2, -0.15) is 0 Å². The number of nitrogens with zero attached hydrogens (tertiary/aromatic N) is 1. The summed E-state index contributed by atoms with van der Waals surface area (Å²) in [5.74, 6) is 0. The van der Waals surface area contributed by atoms with Crippen LogP contribution < -0.4 is 11.1 Å². The van der Waals surface area contributed by atoms with E-state index in [-0.39, 0.29) is 6.04 Å². The maximum absolute atomic E-state index is 5.92. The molecule has 0 saturated heterocycles. The highest BCUT2D eigenvalue weighted by molar-refractivity contribution is 9.10. The number of hydrogen-bond donors (Lipinski definition) is 2. The Balaban J connectivity index is 2.18. The van der Waals surface area contributed by atoms with Gasteiger partial charge in [-0.15, -0.1) is 0 Å². The molecule has 2 aromatic rings. The Kier molecular flexibility index (Phi) is 3.64. The van der Waals surface area contributed by atoms with Crippen LogP contribution in [0.4, 0.5) is 11.4 Å². The average molecular weight is 292 g/mol. The monoisotopic (exact) mass is 291 g/mol.